The second kappa shape index (κ2) is 0.280. The standard InChI is InChI=1S/C3H6N2/c1-3-2(4-3)5-3/h2,4-5H,1H3. The van der Waals surface area contributed by atoms with Gasteiger partial charge in [-0.2, -0.15) is 0 Å². The SMILES string of the molecule is CC12NC1N2. The second-order valence-corrected chi connectivity index (χ2v) is 1.92. The fourth-order valence-electron chi connectivity index (χ4n) is 0.516. The third kappa shape index (κ3) is 0.102. The van der Waals surface area contributed by atoms with Crippen LogP contribution in [0.2, 0.25) is 0 Å². The smallest absolute Gasteiger partial charge is 0.0978 e. The Morgan fingerprint density at radius 3 is 1.80 bits per heavy atom. The molecule has 0 unspecified atom stereocenters. The molecule has 2 heterocycles. The molecule has 2 rings (SSSR count). The molecule has 2 saturated heterocycles. The molecule has 2 aliphatic heterocycles. The summed E-state index contributed by atoms with van der Waals surface area (Å²) in [5, 5.41) is 6.32. The van der Waals surface area contributed by atoms with Gasteiger partial charge in [0.15, 0.2) is 0 Å². The average molecular weight is 70.1 g/mol. The third-order valence-corrected chi connectivity index (χ3v) is 1.30. The fraction of sp³-hybridized carbons (Fsp3) is 1.00. The lowest BCUT2D eigenvalue weighted by molar-refractivity contribution is 0.681. The lowest BCUT2D eigenvalue weighted by Crippen LogP contribution is -2.19. The number of fused-ring (bicyclic) bond motifs is 1. The molecule has 5 heavy (non-hydrogen) atoms. The maximum absolute atomic E-state index is 3.16. The average Bonchev–Trinajstić information content (AvgIpc) is 1.74. The van der Waals surface area contributed by atoms with E-state index in [1.165, 1.54) is 0 Å². The summed E-state index contributed by atoms with van der Waals surface area (Å²) in [6, 6.07) is 0. The minimum Gasteiger partial charge on any atom is -0.279 e. The molecule has 28 valence electrons. The first-order valence-electron chi connectivity index (χ1n) is 1.87. The van der Waals surface area contributed by atoms with Crippen molar-refractivity contribution < 1.29 is 0 Å². The van der Waals surface area contributed by atoms with E-state index in [1.54, 1.807) is 0 Å². The Morgan fingerprint density at radius 2 is 1.80 bits per heavy atom. The van der Waals surface area contributed by atoms with Gasteiger partial charge in [0.05, 0.1) is 11.8 Å². The number of nitrogens with one attached hydrogen (secondary N) is 2. The molecule has 2 heteroatoms. The monoisotopic (exact) mass is 70.1 g/mol. The van der Waals surface area contributed by atoms with Crippen LogP contribution in [-0.4, -0.2) is 11.8 Å². The summed E-state index contributed by atoms with van der Waals surface area (Å²) in [5.41, 5.74) is 0.417. The first-order chi connectivity index (χ1) is 2.31. The van der Waals surface area contributed by atoms with Crippen LogP contribution in [0.25, 0.3) is 0 Å². The van der Waals surface area contributed by atoms with Gasteiger partial charge >= 0.3 is 0 Å². The maximum Gasteiger partial charge on any atom is 0.0978 e. The first-order valence-corrected chi connectivity index (χ1v) is 1.87. The lowest BCUT2D eigenvalue weighted by atomic mass is 10.5. The van der Waals surface area contributed by atoms with Crippen molar-refractivity contribution in [2.24, 2.45) is 0 Å². The Morgan fingerprint density at radius 1 is 1.60 bits per heavy atom. The Kier molecular flexibility index (Phi) is 0.121. The van der Waals surface area contributed by atoms with Crippen LogP contribution in [0.1, 0.15) is 6.92 Å². The highest BCUT2D eigenvalue weighted by molar-refractivity contribution is 5.23. The fourth-order valence-corrected chi connectivity index (χ4v) is 0.516. The van der Waals surface area contributed by atoms with Gasteiger partial charge in [0, 0.05) is 0 Å². The maximum atomic E-state index is 3.16. The van der Waals surface area contributed by atoms with E-state index in [9.17, 15) is 0 Å². The summed E-state index contributed by atoms with van der Waals surface area (Å²) < 4.78 is 0. The van der Waals surface area contributed by atoms with Crippen molar-refractivity contribution in [2.75, 3.05) is 0 Å². The summed E-state index contributed by atoms with van der Waals surface area (Å²) in [7, 11) is 0. The van der Waals surface area contributed by atoms with Gasteiger partial charge < -0.3 is 0 Å². The molecule has 0 aliphatic carbocycles. The molecule has 0 aromatic heterocycles. The quantitative estimate of drug-likeness (QED) is 0.368. The van der Waals surface area contributed by atoms with Crippen molar-refractivity contribution in [3.8, 4) is 0 Å². The molecular weight excluding hydrogens is 64.0 g/mol. The molecule has 0 bridgehead atoms. The third-order valence-electron chi connectivity index (χ3n) is 1.30. The van der Waals surface area contributed by atoms with Gasteiger partial charge in [-0.05, 0) is 6.92 Å². The first kappa shape index (κ1) is 2.16. The summed E-state index contributed by atoms with van der Waals surface area (Å²) in [6.45, 7) is 2.15. The molecular formula is C3H6N2. The van der Waals surface area contributed by atoms with Crippen LogP contribution in [-0.2, 0) is 0 Å². The molecule has 0 saturated carbocycles. The molecule has 2 nitrogen and oxygen atoms in total. The van der Waals surface area contributed by atoms with E-state index in [4.69, 9.17) is 0 Å². The minimum absolute atomic E-state index is 0.417. The van der Waals surface area contributed by atoms with Gasteiger partial charge in [-0.25, -0.2) is 0 Å². The van der Waals surface area contributed by atoms with Crippen LogP contribution < -0.4 is 10.6 Å². The van der Waals surface area contributed by atoms with Gasteiger partial charge in [0.1, 0.15) is 0 Å². The molecule has 2 aliphatic rings. The molecule has 0 aromatic carbocycles. The predicted octanol–water partition coefficient (Wildman–Crippen LogP) is -0.765. The number of rotatable bonds is 0. The van der Waals surface area contributed by atoms with Gasteiger partial charge in [0.25, 0.3) is 0 Å². The van der Waals surface area contributed by atoms with Crippen molar-refractivity contribution in [3.63, 3.8) is 0 Å². The van der Waals surface area contributed by atoms with Crippen molar-refractivity contribution in [1.82, 2.24) is 10.6 Å². The minimum atomic E-state index is 0.417. The van der Waals surface area contributed by atoms with E-state index in [2.05, 4.69) is 17.6 Å². The molecule has 2 fully saturated rings. The topological polar surface area (TPSA) is 43.9 Å². The molecule has 0 spiro atoms. The van der Waals surface area contributed by atoms with E-state index in [1.807, 2.05) is 0 Å². The van der Waals surface area contributed by atoms with E-state index >= 15 is 0 Å². The zero-order valence-corrected chi connectivity index (χ0v) is 3.08. The van der Waals surface area contributed by atoms with Crippen LogP contribution in [0, 0.1) is 0 Å². The van der Waals surface area contributed by atoms with Gasteiger partial charge in [-0.3, -0.25) is 10.6 Å². The van der Waals surface area contributed by atoms with E-state index in [0.717, 1.165) is 0 Å². The Hall–Kier alpha value is -0.0800. The van der Waals surface area contributed by atoms with Crippen LogP contribution in [0.5, 0.6) is 0 Å². The van der Waals surface area contributed by atoms with Crippen molar-refractivity contribution in [3.05, 3.63) is 0 Å². The van der Waals surface area contributed by atoms with Crippen LogP contribution in [0.4, 0.5) is 0 Å². The molecule has 0 aromatic rings. The van der Waals surface area contributed by atoms with Crippen molar-refractivity contribution in [1.29, 1.82) is 0 Å². The second-order valence-electron chi connectivity index (χ2n) is 1.92. The van der Waals surface area contributed by atoms with Crippen molar-refractivity contribution in [2.45, 2.75) is 18.8 Å². The van der Waals surface area contributed by atoms with Crippen LogP contribution in [0.3, 0.4) is 0 Å². The Bertz CT molecular complexity index is 73.0. The van der Waals surface area contributed by atoms with Gasteiger partial charge in [0.2, 0.25) is 0 Å². The predicted molar refractivity (Wildman–Crippen MR) is 18.5 cm³/mol. The van der Waals surface area contributed by atoms with E-state index in [0.29, 0.717) is 11.8 Å². The van der Waals surface area contributed by atoms with Crippen molar-refractivity contribution >= 4 is 0 Å². The van der Waals surface area contributed by atoms with Gasteiger partial charge in [-0.1, -0.05) is 0 Å². The van der Waals surface area contributed by atoms with Crippen LogP contribution in [0.15, 0.2) is 0 Å². The summed E-state index contributed by atoms with van der Waals surface area (Å²) in [5.74, 6) is 0. The highest BCUT2D eigenvalue weighted by atomic mass is 15.6. The summed E-state index contributed by atoms with van der Waals surface area (Å²) in [6.07, 6.45) is 0.697. The van der Waals surface area contributed by atoms with E-state index < -0.39 is 0 Å². The number of hydrogen-bond donors (Lipinski definition) is 2. The zero-order valence-electron chi connectivity index (χ0n) is 3.08. The highest BCUT2D eigenvalue weighted by Crippen LogP contribution is 2.35. The number of hydrogen-bond acceptors (Lipinski definition) is 2. The Labute approximate surface area is 30.6 Å². The normalized spacial score (nSPS) is 70.2. The van der Waals surface area contributed by atoms with Gasteiger partial charge in [-0.15, -0.1) is 0 Å². The summed E-state index contributed by atoms with van der Waals surface area (Å²) >= 11 is 0. The molecule has 0 atom stereocenters. The van der Waals surface area contributed by atoms with Crippen LogP contribution >= 0.6 is 0 Å². The highest BCUT2D eigenvalue weighted by Gasteiger charge is 2.66. The van der Waals surface area contributed by atoms with E-state index in [-0.39, 0.29) is 0 Å². The lowest BCUT2D eigenvalue weighted by Gasteiger charge is -1.84. The molecule has 2 N–H and O–H groups in total. The zero-order chi connectivity index (χ0) is 3.49. The Balaban J connectivity index is 2.37. The molecule has 0 radical (unpaired) electrons. The summed E-state index contributed by atoms with van der Waals surface area (Å²) in [4.78, 5) is 0. The largest absolute Gasteiger partial charge is 0.279 e. The molecule has 0 amide bonds.